The first kappa shape index (κ1) is 14.9. The van der Waals surface area contributed by atoms with Crippen molar-refractivity contribution in [2.24, 2.45) is 0 Å². The van der Waals surface area contributed by atoms with Crippen molar-refractivity contribution in [1.29, 1.82) is 0 Å². The van der Waals surface area contributed by atoms with Crippen LogP contribution in [0.15, 0.2) is 42.5 Å². The number of nitrogen functional groups attached to an aromatic ring is 1. The van der Waals surface area contributed by atoms with Gasteiger partial charge in [-0.25, -0.2) is 0 Å². The van der Waals surface area contributed by atoms with E-state index >= 15 is 0 Å². The van der Waals surface area contributed by atoms with Crippen molar-refractivity contribution in [2.75, 3.05) is 17.6 Å². The highest BCUT2D eigenvalue weighted by atomic mass is 16.1. The van der Waals surface area contributed by atoms with E-state index < -0.39 is 0 Å². The first-order valence-electron chi connectivity index (χ1n) is 7.08. The normalized spacial score (nSPS) is 10.2. The van der Waals surface area contributed by atoms with Gasteiger partial charge in [0.05, 0.1) is 11.4 Å². The summed E-state index contributed by atoms with van der Waals surface area (Å²) in [5, 5.41) is 6.07. The predicted molar refractivity (Wildman–Crippen MR) is 87.4 cm³/mol. The Kier molecular flexibility index (Phi) is 4.82. The third-order valence-electron chi connectivity index (χ3n) is 3.38. The molecule has 0 saturated heterocycles. The van der Waals surface area contributed by atoms with Gasteiger partial charge < -0.3 is 16.4 Å². The fraction of sp³-hybridized carbons (Fsp3) is 0.235. The summed E-state index contributed by atoms with van der Waals surface area (Å²) in [7, 11) is 0. The van der Waals surface area contributed by atoms with Crippen LogP contribution in [0.5, 0.6) is 0 Å². The van der Waals surface area contributed by atoms with E-state index in [1.165, 1.54) is 11.1 Å². The smallest absolute Gasteiger partial charge is 0.251 e. The quantitative estimate of drug-likeness (QED) is 0.739. The van der Waals surface area contributed by atoms with Crippen LogP contribution in [0.2, 0.25) is 0 Å². The lowest BCUT2D eigenvalue weighted by atomic mass is 10.1. The van der Waals surface area contributed by atoms with E-state index in [9.17, 15) is 4.79 Å². The van der Waals surface area contributed by atoms with E-state index in [1.807, 2.05) is 25.1 Å². The molecule has 0 aliphatic rings. The number of rotatable bonds is 5. The molecule has 0 spiro atoms. The van der Waals surface area contributed by atoms with E-state index in [0.717, 1.165) is 5.69 Å². The van der Waals surface area contributed by atoms with Crippen LogP contribution in [0, 0.1) is 6.92 Å². The third kappa shape index (κ3) is 3.75. The monoisotopic (exact) mass is 283 g/mol. The Bertz CT molecular complexity index is 638. The first-order chi connectivity index (χ1) is 10.1. The molecule has 0 aromatic heterocycles. The molecule has 0 aliphatic carbocycles. The molecule has 0 heterocycles. The van der Waals surface area contributed by atoms with Crippen LogP contribution in [0.1, 0.15) is 28.4 Å². The number of carbonyl (C=O) groups is 1. The minimum atomic E-state index is -0.102. The molecule has 2 aromatic carbocycles. The van der Waals surface area contributed by atoms with Crippen LogP contribution in [-0.4, -0.2) is 12.5 Å². The van der Waals surface area contributed by atoms with Crippen molar-refractivity contribution < 1.29 is 4.79 Å². The zero-order valence-electron chi connectivity index (χ0n) is 12.4. The molecule has 4 N–H and O–H groups in total. The largest absolute Gasteiger partial charge is 0.397 e. The van der Waals surface area contributed by atoms with Gasteiger partial charge in [0.25, 0.3) is 5.91 Å². The van der Waals surface area contributed by atoms with Gasteiger partial charge in [0.15, 0.2) is 0 Å². The van der Waals surface area contributed by atoms with Crippen molar-refractivity contribution in [3.8, 4) is 0 Å². The number of nitrogens with two attached hydrogens (primary N) is 1. The molecule has 4 nitrogen and oxygen atoms in total. The Balaban J connectivity index is 2.08. The molecule has 0 aliphatic heterocycles. The average molecular weight is 283 g/mol. The number of nitrogens with one attached hydrogen (secondary N) is 2. The van der Waals surface area contributed by atoms with Crippen molar-refractivity contribution >= 4 is 17.3 Å². The van der Waals surface area contributed by atoms with Crippen molar-refractivity contribution in [1.82, 2.24) is 5.32 Å². The zero-order valence-corrected chi connectivity index (χ0v) is 12.4. The molecule has 1 amide bonds. The van der Waals surface area contributed by atoms with E-state index in [2.05, 4.69) is 29.7 Å². The summed E-state index contributed by atoms with van der Waals surface area (Å²) in [6, 6.07) is 13.5. The van der Waals surface area contributed by atoms with Crippen molar-refractivity contribution in [3.63, 3.8) is 0 Å². The number of carbonyl (C=O) groups excluding carboxylic acids is 1. The Hall–Kier alpha value is -2.49. The summed E-state index contributed by atoms with van der Waals surface area (Å²) in [6.45, 7) is 5.28. The molecule has 0 atom stereocenters. The van der Waals surface area contributed by atoms with Gasteiger partial charge in [-0.15, -0.1) is 0 Å². The first-order valence-corrected chi connectivity index (χ1v) is 7.08. The lowest BCUT2D eigenvalue weighted by Gasteiger charge is -2.12. The third-order valence-corrected chi connectivity index (χ3v) is 3.38. The molecule has 21 heavy (non-hydrogen) atoms. The minimum Gasteiger partial charge on any atom is -0.397 e. The van der Waals surface area contributed by atoms with Gasteiger partial charge in [-0.3, -0.25) is 4.79 Å². The fourth-order valence-electron chi connectivity index (χ4n) is 2.13. The van der Waals surface area contributed by atoms with Gasteiger partial charge in [0.1, 0.15) is 0 Å². The van der Waals surface area contributed by atoms with Crippen molar-refractivity contribution in [3.05, 3.63) is 59.2 Å². The highest BCUT2D eigenvalue weighted by Crippen LogP contribution is 2.21. The van der Waals surface area contributed by atoms with Gasteiger partial charge in [-0.05, 0) is 43.2 Å². The Labute approximate surface area is 125 Å². The lowest BCUT2D eigenvalue weighted by molar-refractivity contribution is 0.0956. The Morgan fingerprint density at radius 3 is 2.62 bits per heavy atom. The molecule has 4 heteroatoms. The van der Waals surface area contributed by atoms with Gasteiger partial charge in [-0.2, -0.15) is 0 Å². The second kappa shape index (κ2) is 6.79. The second-order valence-corrected chi connectivity index (χ2v) is 4.94. The van der Waals surface area contributed by atoms with Crippen molar-refractivity contribution in [2.45, 2.75) is 20.4 Å². The minimum absolute atomic E-state index is 0.102. The number of hydrogen-bond donors (Lipinski definition) is 3. The molecule has 0 saturated carbocycles. The maximum atomic E-state index is 11.7. The van der Waals surface area contributed by atoms with Gasteiger partial charge in [-0.1, -0.05) is 24.3 Å². The number of benzene rings is 2. The molecular weight excluding hydrogens is 262 g/mol. The summed E-state index contributed by atoms with van der Waals surface area (Å²) >= 11 is 0. The van der Waals surface area contributed by atoms with Crippen LogP contribution in [0.3, 0.4) is 0 Å². The van der Waals surface area contributed by atoms with E-state index in [0.29, 0.717) is 24.3 Å². The summed E-state index contributed by atoms with van der Waals surface area (Å²) < 4.78 is 0. The van der Waals surface area contributed by atoms with E-state index in [4.69, 9.17) is 5.73 Å². The predicted octanol–water partition coefficient (Wildman–Crippen LogP) is 2.94. The summed E-state index contributed by atoms with van der Waals surface area (Å²) in [5.41, 5.74) is 10.5. The molecule has 0 fully saturated rings. The molecule has 0 unspecified atom stereocenters. The Morgan fingerprint density at radius 1 is 1.19 bits per heavy atom. The zero-order chi connectivity index (χ0) is 15.2. The summed E-state index contributed by atoms with van der Waals surface area (Å²) in [5.74, 6) is -0.102. The van der Waals surface area contributed by atoms with E-state index in [-0.39, 0.29) is 5.91 Å². The molecule has 0 radical (unpaired) electrons. The molecule has 0 bridgehead atoms. The van der Waals surface area contributed by atoms with Gasteiger partial charge >= 0.3 is 0 Å². The van der Waals surface area contributed by atoms with Crippen LogP contribution >= 0.6 is 0 Å². The van der Waals surface area contributed by atoms with Gasteiger partial charge in [0.2, 0.25) is 0 Å². The SMILES string of the molecule is CCNC(=O)c1ccc(NCc2ccccc2C)c(N)c1. The maximum absolute atomic E-state index is 11.7. The topological polar surface area (TPSA) is 67.2 Å². The highest BCUT2D eigenvalue weighted by Gasteiger charge is 2.07. The Morgan fingerprint density at radius 2 is 1.95 bits per heavy atom. The number of hydrogen-bond acceptors (Lipinski definition) is 3. The average Bonchev–Trinajstić information content (AvgIpc) is 2.47. The number of anilines is 2. The lowest BCUT2D eigenvalue weighted by Crippen LogP contribution is -2.22. The van der Waals surface area contributed by atoms with Crippen LogP contribution in [0.25, 0.3) is 0 Å². The highest BCUT2D eigenvalue weighted by molar-refractivity contribution is 5.96. The number of aryl methyl sites for hydroxylation is 1. The maximum Gasteiger partial charge on any atom is 0.251 e. The fourth-order valence-corrected chi connectivity index (χ4v) is 2.13. The van der Waals surface area contributed by atoms with Crippen LogP contribution in [0.4, 0.5) is 11.4 Å². The van der Waals surface area contributed by atoms with Gasteiger partial charge in [0, 0.05) is 18.7 Å². The van der Waals surface area contributed by atoms with E-state index in [1.54, 1.807) is 12.1 Å². The number of amides is 1. The second-order valence-electron chi connectivity index (χ2n) is 4.94. The summed E-state index contributed by atoms with van der Waals surface area (Å²) in [4.78, 5) is 11.7. The molecular formula is C17H21N3O. The standard InChI is InChI=1S/C17H21N3O/c1-3-19-17(21)13-8-9-16(15(18)10-13)20-11-14-7-5-4-6-12(14)2/h4-10,20H,3,11,18H2,1-2H3,(H,19,21). The summed E-state index contributed by atoms with van der Waals surface area (Å²) in [6.07, 6.45) is 0. The van der Waals surface area contributed by atoms with Crippen LogP contribution in [-0.2, 0) is 6.54 Å². The van der Waals surface area contributed by atoms with Crippen LogP contribution < -0.4 is 16.4 Å². The molecule has 2 rings (SSSR count). The molecule has 2 aromatic rings. The molecule has 110 valence electrons.